The standard InChI is InChI=1S/C11H10F2N2O3/c1-17-8(16)3-7-9(11(12)13)10(18-2)6(4-14)5-15-7/h5,11H,3H2,1-2H3. The topological polar surface area (TPSA) is 72.2 Å². The van der Waals surface area contributed by atoms with Crippen LogP contribution in [0.3, 0.4) is 0 Å². The summed E-state index contributed by atoms with van der Waals surface area (Å²) in [5.74, 6) is -0.961. The fourth-order valence-corrected chi connectivity index (χ4v) is 1.42. The zero-order valence-corrected chi connectivity index (χ0v) is 9.74. The lowest BCUT2D eigenvalue weighted by atomic mass is 10.1. The molecule has 0 atom stereocenters. The summed E-state index contributed by atoms with van der Waals surface area (Å²) in [6, 6.07) is 1.70. The van der Waals surface area contributed by atoms with Gasteiger partial charge < -0.3 is 9.47 Å². The highest BCUT2D eigenvalue weighted by Crippen LogP contribution is 2.34. The Kier molecular flexibility index (Phi) is 4.54. The second-order valence-corrected chi connectivity index (χ2v) is 3.23. The smallest absolute Gasteiger partial charge is 0.311 e. The van der Waals surface area contributed by atoms with E-state index in [-0.39, 0.29) is 17.0 Å². The number of pyridine rings is 1. The molecule has 0 aromatic carbocycles. The number of alkyl halides is 2. The normalized spacial score (nSPS) is 10.0. The molecule has 0 N–H and O–H groups in total. The summed E-state index contributed by atoms with van der Waals surface area (Å²) in [7, 11) is 2.31. The first-order valence-electron chi connectivity index (χ1n) is 4.86. The molecule has 1 heterocycles. The molecule has 0 fully saturated rings. The maximum Gasteiger partial charge on any atom is 0.311 e. The van der Waals surface area contributed by atoms with E-state index in [9.17, 15) is 13.6 Å². The second kappa shape index (κ2) is 5.91. The van der Waals surface area contributed by atoms with Crippen LogP contribution in [0.4, 0.5) is 8.78 Å². The van der Waals surface area contributed by atoms with E-state index in [2.05, 4.69) is 9.72 Å². The third-order valence-corrected chi connectivity index (χ3v) is 2.23. The number of halogens is 2. The largest absolute Gasteiger partial charge is 0.495 e. The highest BCUT2D eigenvalue weighted by Gasteiger charge is 2.24. The average Bonchev–Trinajstić information content (AvgIpc) is 2.37. The van der Waals surface area contributed by atoms with Crippen LogP contribution < -0.4 is 4.74 Å². The lowest BCUT2D eigenvalue weighted by Crippen LogP contribution is -2.11. The van der Waals surface area contributed by atoms with Crippen molar-refractivity contribution in [3.8, 4) is 11.8 Å². The summed E-state index contributed by atoms with van der Waals surface area (Å²) in [5.41, 5.74) is -0.823. The fourth-order valence-electron chi connectivity index (χ4n) is 1.42. The van der Waals surface area contributed by atoms with E-state index in [4.69, 9.17) is 10.00 Å². The van der Waals surface area contributed by atoms with Crippen LogP contribution in [0.5, 0.6) is 5.75 Å². The highest BCUT2D eigenvalue weighted by molar-refractivity contribution is 5.73. The van der Waals surface area contributed by atoms with Gasteiger partial charge in [0.05, 0.1) is 31.9 Å². The van der Waals surface area contributed by atoms with Crippen molar-refractivity contribution >= 4 is 5.97 Å². The van der Waals surface area contributed by atoms with Crippen LogP contribution in [-0.4, -0.2) is 25.2 Å². The molecule has 5 nitrogen and oxygen atoms in total. The van der Waals surface area contributed by atoms with Gasteiger partial charge in [0.15, 0.2) is 0 Å². The van der Waals surface area contributed by atoms with Gasteiger partial charge in [-0.1, -0.05) is 0 Å². The van der Waals surface area contributed by atoms with Crippen LogP contribution in [0, 0.1) is 11.3 Å². The molecule has 0 saturated carbocycles. The zero-order valence-electron chi connectivity index (χ0n) is 9.74. The van der Waals surface area contributed by atoms with Crippen LogP contribution in [0.15, 0.2) is 6.20 Å². The number of aromatic nitrogens is 1. The van der Waals surface area contributed by atoms with E-state index in [1.54, 1.807) is 6.07 Å². The number of ether oxygens (including phenoxy) is 2. The van der Waals surface area contributed by atoms with Crippen molar-refractivity contribution < 1.29 is 23.0 Å². The number of esters is 1. The van der Waals surface area contributed by atoms with Gasteiger partial charge in [0.2, 0.25) is 0 Å². The fraction of sp³-hybridized carbons (Fsp3) is 0.364. The van der Waals surface area contributed by atoms with Crippen molar-refractivity contribution in [3.05, 3.63) is 23.0 Å². The average molecular weight is 256 g/mol. The second-order valence-electron chi connectivity index (χ2n) is 3.23. The van der Waals surface area contributed by atoms with Crippen LogP contribution in [0.1, 0.15) is 23.2 Å². The number of nitriles is 1. The van der Waals surface area contributed by atoms with E-state index in [0.717, 1.165) is 13.3 Å². The first kappa shape index (κ1) is 13.8. The van der Waals surface area contributed by atoms with E-state index >= 15 is 0 Å². The number of hydrogen-bond donors (Lipinski definition) is 0. The Morgan fingerprint density at radius 3 is 2.67 bits per heavy atom. The van der Waals surface area contributed by atoms with Gasteiger partial charge in [-0.05, 0) is 0 Å². The molecule has 1 aromatic heterocycles. The van der Waals surface area contributed by atoms with Gasteiger partial charge in [-0.15, -0.1) is 0 Å². The molecule has 18 heavy (non-hydrogen) atoms. The number of carbonyl (C=O) groups excluding carboxylic acids is 1. The Hall–Kier alpha value is -2.23. The van der Waals surface area contributed by atoms with E-state index < -0.39 is 24.4 Å². The minimum absolute atomic E-state index is 0.110. The third kappa shape index (κ3) is 2.71. The number of carbonyl (C=O) groups is 1. The summed E-state index contributed by atoms with van der Waals surface area (Å²) >= 11 is 0. The van der Waals surface area contributed by atoms with Gasteiger partial charge in [0, 0.05) is 6.20 Å². The Morgan fingerprint density at radius 1 is 1.56 bits per heavy atom. The van der Waals surface area contributed by atoms with Gasteiger partial charge in [0.1, 0.15) is 17.4 Å². The quantitative estimate of drug-likeness (QED) is 0.765. The predicted octanol–water partition coefficient (Wildman–Crippen LogP) is 1.61. The maximum atomic E-state index is 13.0. The minimum atomic E-state index is -2.90. The molecule has 0 bridgehead atoms. The highest BCUT2D eigenvalue weighted by atomic mass is 19.3. The molecule has 7 heteroatoms. The molecule has 0 aliphatic carbocycles. The maximum absolute atomic E-state index is 13.0. The summed E-state index contributed by atoms with van der Waals surface area (Å²) in [5, 5.41) is 8.77. The van der Waals surface area contributed by atoms with Gasteiger partial charge in [0.25, 0.3) is 6.43 Å². The van der Waals surface area contributed by atoms with Gasteiger partial charge in [-0.25, -0.2) is 8.78 Å². The number of nitrogens with zero attached hydrogens (tertiary/aromatic N) is 2. The van der Waals surface area contributed by atoms with Crippen LogP contribution in [0.2, 0.25) is 0 Å². The van der Waals surface area contributed by atoms with Crippen molar-refractivity contribution in [1.82, 2.24) is 4.98 Å². The Bertz CT molecular complexity index is 498. The summed E-state index contributed by atoms with van der Waals surface area (Å²) in [4.78, 5) is 14.8. The lowest BCUT2D eigenvalue weighted by molar-refractivity contribution is -0.139. The molecule has 1 aromatic rings. The molecule has 0 unspecified atom stereocenters. The van der Waals surface area contributed by atoms with Gasteiger partial charge >= 0.3 is 5.97 Å². The first-order chi connectivity index (χ1) is 8.54. The molecule has 0 saturated heterocycles. The molecule has 0 spiro atoms. The third-order valence-electron chi connectivity index (χ3n) is 2.23. The summed E-state index contributed by atoms with van der Waals surface area (Å²) in [6.07, 6.45) is -2.22. The SMILES string of the molecule is COC(=O)Cc1ncc(C#N)c(OC)c1C(F)F. The molecule has 0 aliphatic rings. The van der Waals surface area contributed by atoms with E-state index in [1.807, 2.05) is 0 Å². The number of methoxy groups -OCH3 is 2. The van der Waals surface area contributed by atoms with Crippen molar-refractivity contribution in [2.75, 3.05) is 14.2 Å². The molecular weight excluding hydrogens is 246 g/mol. The number of rotatable bonds is 4. The molecule has 0 radical (unpaired) electrons. The summed E-state index contributed by atoms with van der Waals surface area (Å²) < 4.78 is 35.1. The lowest BCUT2D eigenvalue weighted by Gasteiger charge is -2.12. The molecule has 0 aliphatic heterocycles. The van der Waals surface area contributed by atoms with Crippen molar-refractivity contribution in [2.45, 2.75) is 12.8 Å². The van der Waals surface area contributed by atoms with E-state index in [0.29, 0.717) is 0 Å². The van der Waals surface area contributed by atoms with Gasteiger partial charge in [-0.2, -0.15) is 5.26 Å². The summed E-state index contributed by atoms with van der Waals surface area (Å²) in [6.45, 7) is 0. The van der Waals surface area contributed by atoms with Crippen molar-refractivity contribution in [3.63, 3.8) is 0 Å². The number of hydrogen-bond acceptors (Lipinski definition) is 5. The molecule has 0 amide bonds. The Morgan fingerprint density at radius 2 is 2.22 bits per heavy atom. The zero-order chi connectivity index (χ0) is 13.7. The van der Waals surface area contributed by atoms with Crippen molar-refractivity contribution in [2.24, 2.45) is 0 Å². The van der Waals surface area contributed by atoms with E-state index in [1.165, 1.54) is 7.11 Å². The van der Waals surface area contributed by atoms with Crippen LogP contribution in [0.25, 0.3) is 0 Å². The molecular formula is C11H10F2N2O3. The van der Waals surface area contributed by atoms with Gasteiger partial charge in [-0.3, -0.25) is 9.78 Å². The van der Waals surface area contributed by atoms with Crippen LogP contribution in [-0.2, 0) is 16.0 Å². The molecule has 1 rings (SSSR count). The van der Waals surface area contributed by atoms with Crippen molar-refractivity contribution in [1.29, 1.82) is 5.26 Å². The minimum Gasteiger partial charge on any atom is -0.495 e. The van der Waals surface area contributed by atoms with Crippen LogP contribution >= 0.6 is 0 Å². The Balaban J connectivity index is 3.35. The first-order valence-corrected chi connectivity index (χ1v) is 4.86. The monoisotopic (exact) mass is 256 g/mol. The predicted molar refractivity (Wildman–Crippen MR) is 56.2 cm³/mol. The Labute approximate surface area is 102 Å². The molecule has 96 valence electrons.